The number of nitrogen functional groups attached to an aromatic ring is 1. The topological polar surface area (TPSA) is 63.4 Å². The highest BCUT2D eigenvalue weighted by Crippen LogP contribution is 2.25. The van der Waals surface area contributed by atoms with E-state index in [0.29, 0.717) is 23.7 Å². The van der Waals surface area contributed by atoms with E-state index in [1.54, 1.807) is 16.4 Å². The van der Waals surface area contributed by atoms with Gasteiger partial charge in [0.05, 0.1) is 4.90 Å². The maximum Gasteiger partial charge on any atom is 0.243 e. The van der Waals surface area contributed by atoms with Crippen LogP contribution in [0.2, 0.25) is 0 Å². The Morgan fingerprint density at radius 1 is 1.11 bits per heavy atom. The van der Waals surface area contributed by atoms with Crippen LogP contribution in [0, 0.1) is 13.8 Å². The molecule has 1 heterocycles. The Morgan fingerprint density at radius 2 is 1.72 bits per heavy atom. The van der Waals surface area contributed by atoms with E-state index in [9.17, 15) is 8.42 Å². The van der Waals surface area contributed by atoms with E-state index < -0.39 is 10.0 Å². The van der Waals surface area contributed by atoms with Crippen molar-refractivity contribution >= 4 is 15.7 Å². The van der Waals surface area contributed by atoms with Gasteiger partial charge < -0.3 is 5.73 Å². The van der Waals surface area contributed by atoms with Crippen molar-refractivity contribution in [3.63, 3.8) is 0 Å². The number of aryl methyl sites for hydroxylation is 1. The minimum absolute atomic E-state index is 0.324. The molecular weight excluding hydrogens is 248 g/mol. The zero-order chi connectivity index (χ0) is 13.3. The van der Waals surface area contributed by atoms with Crippen LogP contribution >= 0.6 is 0 Å². The van der Waals surface area contributed by atoms with Crippen molar-refractivity contribution in [1.29, 1.82) is 0 Å². The Balaban J connectivity index is 2.41. The molecule has 0 atom stereocenters. The average Bonchev–Trinajstić information content (AvgIpc) is 2.36. The third-order valence-electron chi connectivity index (χ3n) is 3.63. The van der Waals surface area contributed by atoms with Gasteiger partial charge in [-0.2, -0.15) is 4.31 Å². The van der Waals surface area contributed by atoms with Gasteiger partial charge >= 0.3 is 0 Å². The van der Waals surface area contributed by atoms with Crippen LogP contribution in [-0.4, -0.2) is 25.8 Å². The predicted octanol–water partition coefficient (Wildman–Crippen LogP) is 2.06. The molecule has 1 saturated heterocycles. The lowest BCUT2D eigenvalue weighted by Gasteiger charge is -2.26. The zero-order valence-corrected chi connectivity index (χ0v) is 11.8. The molecule has 0 spiro atoms. The second kappa shape index (κ2) is 4.90. The molecule has 0 saturated carbocycles. The first-order chi connectivity index (χ1) is 8.43. The van der Waals surface area contributed by atoms with Crippen molar-refractivity contribution in [2.24, 2.45) is 0 Å². The number of benzene rings is 1. The molecule has 4 nitrogen and oxygen atoms in total. The highest BCUT2D eigenvalue weighted by Gasteiger charge is 2.26. The number of hydrogen-bond donors (Lipinski definition) is 1. The number of hydrogen-bond acceptors (Lipinski definition) is 3. The molecular formula is C13H20N2O2S. The van der Waals surface area contributed by atoms with Gasteiger partial charge in [-0.1, -0.05) is 6.42 Å². The van der Waals surface area contributed by atoms with Crippen LogP contribution in [0.15, 0.2) is 17.0 Å². The van der Waals surface area contributed by atoms with Crippen molar-refractivity contribution in [1.82, 2.24) is 4.31 Å². The molecule has 2 N–H and O–H groups in total. The Morgan fingerprint density at radius 3 is 2.28 bits per heavy atom. The molecule has 0 unspecified atom stereocenters. The summed E-state index contributed by atoms with van der Waals surface area (Å²) in [7, 11) is -3.37. The summed E-state index contributed by atoms with van der Waals surface area (Å²) in [6, 6.07) is 3.29. The summed E-state index contributed by atoms with van der Waals surface area (Å²) in [6.07, 6.45) is 3.00. The zero-order valence-electron chi connectivity index (χ0n) is 10.9. The van der Waals surface area contributed by atoms with Gasteiger partial charge in [0, 0.05) is 18.8 Å². The van der Waals surface area contributed by atoms with Crippen molar-refractivity contribution in [2.45, 2.75) is 38.0 Å². The summed E-state index contributed by atoms with van der Waals surface area (Å²) in [5.41, 5.74) is 8.28. The van der Waals surface area contributed by atoms with Crippen molar-refractivity contribution in [3.8, 4) is 0 Å². The van der Waals surface area contributed by atoms with E-state index in [1.807, 2.05) is 13.8 Å². The summed E-state index contributed by atoms with van der Waals surface area (Å²) >= 11 is 0. The second-order valence-electron chi connectivity index (χ2n) is 4.92. The summed E-state index contributed by atoms with van der Waals surface area (Å²) < 4.78 is 26.5. The molecule has 0 aliphatic carbocycles. The van der Waals surface area contributed by atoms with E-state index in [0.717, 1.165) is 30.4 Å². The fraction of sp³-hybridized carbons (Fsp3) is 0.538. The molecule has 0 amide bonds. The number of rotatable bonds is 2. The lowest BCUT2D eigenvalue weighted by atomic mass is 10.1. The van der Waals surface area contributed by atoms with Gasteiger partial charge in [-0.25, -0.2) is 8.42 Å². The molecule has 18 heavy (non-hydrogen) atoms. The van der Waals surface area contributed by atoms with Gasteiger partial charge in [0.1, 0.15) is 0 Å². The number of sulfonamides is 1. The minimum Gasteiger partial charge on any atom is -0.398 e. The average molecular weight is 268 g/mol. The summed E-state index contributed by atoms with van der Waals surface area (Å²) in [5.74, 6) is 0. The summed E-state index contributed by atoms with van der Waals surface area (Å²) in [5, 5.41) is 0. The van der Waals surface area contributed by atoms with Crippen molar-refractivity contribution in [3.05, 3.63) is 23.3 Å². The minimum atomic E-state index is -3.37. The predicted molar refractivity (Wildman–Crippen MR) is 72.9 cm³/mol. The normalized spacial score (nSPS) is 17.9. The third-order valence-corrected chi connectivity index (χ3v) is 5.51. The van der Waals surface area contributed by atoms with Crippen LogP contribution in [0.25, 0.3) is 0 Å². The van der Waals surface area contributed by atoms with E-state index in [-0.39, 0.29) is 0 Å². The molecule has 1 fully saturated rings. The molecule has 1 aromatic rings. The molecule has 100 valence electrons. The molecule has 1 aromatic carbocycles. The first-order valence-electron chi connectivity index (χ1n) is 6.30. The standard InChI is InChI=1S/C13H20N2O2S/c1-10-8-12(9-13(14)11(10)2)18(16,17)15-6-4-3-5-7-15/h8-9H,3-7,14H2,1-2H3. The highest BCUT2D eigenvalue weighted by atomic mass is 32.2. The molecule has 1 aliphatic rings. The quantitative estimate of drug-likeness (QED) is 0.835. The molecule has 2 rings (SSSR count). The van der Waals surface area contributed by atoms with Gasteiger partial charge in [0.2, 0.25) is 10.0 Å². The van der Waals surface area contributed by atoms with Crippen LogP contribution in [0.5, 0.6) is 0 Å². The van der Waals surface area contributed by atoms with Gasteiger partial charge in [-0.3, -0.25) is 0 Å². The van der Waals surface area contributed by atoms with Crippen LogP contribution in [0.4, 0.5) is 5.69 Å². The number of piperidine rings is 1. The lowest BCUT2D eigenvalue weighted by molar-refractivity contribution is 0.346. The monoisotopic (exact) mass is 268 g/mol. The molecule has 0 radical (unpaired) electrons. The molecule has 5 heteroatoms. The maximum atomic E-state index is 12.5. The van der Waals surface area contributed by atoms with Crippen molar-refractivity contribution in [2.75, 3.05) is 18.8 Å². The molecule has 0 bridgehead atoms. The van der Waals surface area contributed by atoms with Gasteiger partial charge in [0.15, 0.2) is 0 Å². The van der Waals surface area contributed by atoms with Crippen LogP contribution < -0.4 is 5.73 Å². The fourth-order valence-electron chi connectivity index (χ4n) is 2.26. The number of nitrogens with zero attached hydrogens (tertiary/aromatic N) is 1. The fourth-order valence-corrected chi connectivity index (χ4v) is 3.89. The first kappa shape index (κ1) is 13.4. The summed E-state index contributed by atoms with van der Waals surface area (Å²) in [4.78, 5) is 0.324. The third kappa shape index (κ3) is 2.37. The lowest BCUT2D eigenvalue weighted by Crippen LogP contribution is -2.35. The second-order valence-corrected chi connectivity index (χ2v) is 6.86. The SMILES string of the molecule is Cc1cc(S(=O)(=O)N2CCCCC2)cc(N)c1C. The highest BCUT2D eigenvalue weighted by molar-refractivity contribution is 7.89. The van der Waals surface area contributed by atoms with Crippen molar-refractivity contribution < 1.29 is 8.42 Å². The largest absolute Gasteiger partial charge is 0.398 e. The van der Waals surface area contributed by atoms with E-state index in [2.05, 4.69) is 0 Å². The van der Waals surface area contributed by atoms with Crippen LogP contribution in [0.3, 0.4) is 0 Å². The summed E-state index contributed by atoms with van der Waals surface area (Å²) in [6.45, 7) is 5.03. The van der Waals surface area contributed by atoms with Crippen LogP contribution in [0.1, 0.15) is 30.4 Å². The van der Waals surface area contributed by atoms with Gasteiger partial charge in [-0.05, 0) is 49.9 Å². The Labute approximate surface area is 109 Å². The Kier molecular flexibility index (Phi) is 3.64. The van der Waals surface area contributed by atoms with Crippen LogP contribution in [-0.2, 0) is 10.0 Å². The van der Waals surface area contributed by atoms with E-state index >= 15 is 0 Å². The smallest absolute Gasteiger partial charge is 0.243 e. The first-order valence-corrected chi connectivity index (χ1v) is 7.74. The Bertz CT molecular complexity index is 523. The number of nitrogens with two attached hydrogens (primary N) is 1. The van der Waals surface area contributed by atoms with Gasteiger partial charge in [0.25, 0.3) is 0 Å². The van der Waals surface area contributed by atoms with E-state index in [1.165, 1.54) is 0 Å². The Hall–Kier alpha value is -1.07. The molecule has 0 aromatic heterocycles. The number of anilines is 1. The van der Waals surface area contributed by atoms with E-state index in [4.69, 9.17) is 5.73 Å². The van der Waals surface area contributed by atoms with Gasteiger partial charge in [-0.15, -0.1) is 0 Å². The molecule has 1 aliphatic heterocycles. The maximum absolute atomic E-state index is 12.5.